The average molecular weight is 333 g/mol. The molecule has 1 unspecified atom stereocenters. The zero-order valence-electron chi connectivity index (χ0n) is 12.1. The van der Waals surface area contributed by atoms with Crippen molar-refractivity contribution in [3.8, 4) is 0 Å². The van der Waals surface area contributed by atoms with Crippen LogP contribution >= 0.6 is 23.2 Å². The van der Waals surface area contributed by atoms with Crippen LogP contribution in [-0.4, -0.2) is 25.2 Å². The first-order chi connectivity index (χ1) is 9.90. The van der Waals surface area contributed by atoms with E-state index >= 15 is 0 Å². The van der Waals surface area contributed by atoms with E-state index in [9.17, 15) is 9.59 Å². The van der Waals surface area contributed by atoms with Gasteiger partial charge in [-0.1, -0.05) is 49.5 Å². The van der Waals surface area contributed by atoms with E-state index < -0.39 is 18.0 Å². The molecule has 116 valence electrons. The molecule has 1 aromatic rings. The minimum atomic E-state index is -0.724. The highest BCUT2D eigenvalue weighted by Crippen LogP contribution is 2.29. The Hall–Kier alpha value is -1.46. The molecule has 7 heteroatoms. The zero-order valence-corrected chi connectivity index (χ0v) is 13.6. The van der Waals surface area contributed by atoms with Gasteiger partial charge >= 0.3 is 12.0 Å². The number of amides is 2. The second kappa shape index (κ2) is 8.10. The number of anilines is 1. The van der Waals surface area contributed by atoms with Gasteiger partial charge in [0.05, 0.1) is 22.8 Å². The monoisotopic (exact) mass is 332 g/mol. The van der Waals surface area contributed by atoms with Gasteiger partial charge in [0.1, 0.15) is 6.04 Å². The molecule has 1 aromatic carbocycles. The van der Waals surface area contributed by atoms with Crippen LogP contribution in [0.25, 0.3) is 0 Å². The number of urea groups is 1. The van der Waals surface area contributed by atoms with Crippen molar-refractivity contribution in [2.24, 2.45) is 5.92 Å². The molecule has 0 bridgehead atoms. The topological polar surface area (TPSA) is 67.4 Å². The highest BCUT2D eigenvalue weighted by Gasteiger charge is 2.26. The molecule has 21 heavy (non-hydrogen) atoms. The Kier molecular flexibility index (Phi) is 6.78. The van der Waals surface area contributed by atoms with E-state index in [-0.39, 0.29) is 10.9 Å². The Morgan fingerprint density at radius 1 is 1.33 bits per heavy atom. The Balaban J connectivity index is 2.78. The van der Waals surface area contributed by atoms with Crippen LogP contribution in [0.1, 0.15) is 20.3 Å². The number of esters is 1. The molecule has 0 aromatic heterocycles. The highest BCUT2D eigenvalue weighted by molar-refractivity contribution is 6.43. The lowest BCUT2D eigenvalue weighted by molar-refractivity contribution is -0.144. The van der Waals surface area contributed by atoms with Crippen LogP contribution in [0.15, 0.2) is 18.2 Å². The summed E-state index contributed by atoms with van der Waals surface area (Å²) in [6.45, 7) is 3.78. The van der Waals surface area contributed by atoms with Gasteiger partial charge in [-0.15, -0.1) is 0 Å². The first-order valence-corrected chi connectivity index (χ1v) is 7.25. The lowest BCUT2D eigenvalue weighted by atomic mass is 9.99. The third kappa shape index (κ3) is 4.79. The molecule has 5 nitrogen and oxygen atoms in total. The lowest BCUT2D eigenvalue weighted by Crippen LogP contribution is -2.47. The molecule has 0 aliphatic carbocycles. The molecular weight excluding hydrogens is 315 g/mol. The molecule has 0 fully saturated rings. The molecule has 2 amide bonds. The number of carbonyl (C=O) groups excluding carboxylic acids is 2. The minimum Gasteiger partial charge on any atom is -0.467 e. The summed E-state index contributed by atoms with van der Waals surface area (Å²) in [6.07, 6.45) is 0.720. The summed E-state index contributed by atoms with van der Waals surface area (Å²) >= 11 is 11.9. The molecular formula is C14H18Cl2N2O3. The molecule has 2 N–H and O–H groups in total. The van der Waals surface area contributed by atoms with Gasteiger partial charge in [0.15, 0.2) is 0 Å². The Bertz CT molecular complexity index is 523. The summed E-state index contributed by atoms with van der Waals surface area (Å²) in [4.78, 5) is 23.7. The van der Waals surface area contributed by atoms with Gasteiger partial charge in [-0.2, -0.15) is 0 Å². The van der Waals surface area contributed by atoms with Crippen molar-refractivity contribution in [2.75, 3.05) is 12.4 Å². The van der Waals surface area contributed by atoms with Crippen LogP contribution in [0.4, 0.5) is 10.5 Å². The summed E-state index contributed by atoms with van der Waals surface area (Å²) < 4.78 is 4.70. The van der Waals surface area contributed by atoms with Crippen LogP contribution < -0.4 is 10.6 Å². The fraction of sp³-hybridized carbons (Fsp3) is 0.429. The molecule has 0 aliphatic rings. The third-order valence-corrected chi connectivity index (χ3v) is 3.97. The molecule has 0 radical (unpaired) electrons. The number of nitrogens with one attached hydrogen (secondary N) is 2. The normalized spacial score (nSPS) is 13.2. The van der Waals surface area contributed by atoms with Crippen molar-refractivity contribution >= 4 is 40.9 Å². The molecule has 2 atom stereocenters. The number of hydrogen-bond donors (Lipinski definition) is 2. The molecule has 0 saturated heterocycles. The van der Waals surface area contributed by atoms with E-state index in [1.54, 1.807) is 18.2 Å². The summed E-state index contributed by atoms with van der Waals surface area (Å²) in [5, 5.41) is 5.73. The van der Waals surface area contributed by atoms with Gasteiger partial charge in [-0.05, 0) is 18.1 Å². The number of ether oxygens (including phenoxy) is 1. The standard InChI is InChI=1S/C14H18Cl2N2O3/c1-4-8(2)12(13(19)21-3)18-14(20)17-10-7-5-6-9(15)11(10)16/h5-8,12H,4H2,1-3H3,(H2,17,18,20)/t8?,12-/m0/s1. The van der Waals surface area contributed by atoms with Gasteiger partial charge < -0.3 is 15.4 Å². The first kappa shape index (κ1) is 17.6. The predicted molar refractivity (Wildman–Crippen MR) is 83.9 cm³/mol. The number of halogens is 2. The molecule has 0 spiro atoms. The quantitative estimate of drug-likeness (QED) is 0.808. The van der Waals surface area contributed by atoms with Gasteiger partial charge in [0, 0.05) is 0 Å². The second-order valence-electron chi connectivity index (χ2n) is 4.59. The van der Waals surface area contributed by atoms with E-state index in [0.717, 1.165) is 6.42 Å². The maximum absolute atomic E-state index is 12.0. The van der Waals surface area contributed by atoms with Crippen LogP contribution in [0, 0.1) is 5.92 Å². The Labute approximate surface area is 133 Å². The van der Waals surface area contributed by atoms with Crippen molar-refractivity contribution in [3.05, 3.63) is 28.2 Å². The van der Waals surface area contributed by atoms with Crippen LogP contribution in [0.5, 0.6) is 0 Å². The maximum atomic E-state index is 12.0. The average Bonchev–Trinajstić information content (AvgIpc) is 2.48. The third-order valence-electron chi connectivity index (χ3n) is 3.15. The summed E-state index contributed by atoms with van der Waals surface area (Å²) in [7, 11) is 1.28. The molecule has 1 rings (SSSR count). The van der Waals surface area contributed by atoms with Gasteiger partial charge in [-0.25, -0.2) is 9.59 Å². The lowest BCUT2D eigenvalue weighted by Gasteiger charge is -2.22. The zero-order chi connectivity index (χ0) is 16.0. The molecule has 0 aliphatic heterocycles. The number of rotatable bonds is 5. The fourth-order valence-corrected chi connectivity index (χ4v) is 2.04. The number of carbonyl (C=O) groups is 2. The smallest absolute Gasteiger partial charge is 0.328 e. The molecule has 0 heterocycles. The van der Waals surface area contributed by atoms with Gasteiger partial charge in [0.2, 0.25) is 0 Å². The Morgan fingerprint density at radius 2 is 2.00 bits per heavy atom. The predicted octanol–water partition coefficient (Wildman–Crippen LogP) is 3.70. The number of methoxy groups -OCH3 is 1. The highest BCUT2D eigenvalue weighted by atomic mass is 35.5. The van der Waals surface area contributed by atoms with E-state index in [4.69, 9.17) is 27.9 Å². The SMILES string of the molecule is CCC(C)[C@H](NC(=O)Nc1cccc(Cl)c1Cl)C(=O)OC. The molecule has 0 saturated carbocycles. The summed E-state index contributed by atoms with van der Waals surface area (Å²) in [5.74, 6) is -0.547. The minimum absolute atomic E-state index is 0.0574. The van der Waals surface area contributed by atoms with E-state index in [1.807, 2.05) is 13.8 Å². The first-order valence-electron chi connectivity index (χ1n) is 6.50. The summed E-state index contributed by atoms with van der Waals surface area (Å²) in [5.41, 5.74) is 0.370. The van der Waals surface area contributed by atoms with Crippen molar-refractivity contribution in [1.82, 2.24) is 5.32 Å². The summed E-state index contributed by atoms with van der Waals surface area (Å²) in [6, 6.07) is 3.62. The van der Waals surface area contributed by atoms with Crippen molar-refractivity contribution in [1.29, 1.82) is 0 Å². The maximum Gasteiger partial charge on any atom is 0.328 e. The van der Waals surface area contributed by atoms with Gasteiger partial charge in [0.25, 0.3) is 0 Å². The van der Waals surface area contributed by atoms with Crippen LogP contribution in [0.3, 0.4) is 0 Å². The van der Waals surface area contributed by atoms with Crippen LogP contribution in [0.2, 0.25) is 10.0 Å². The number of benzene rings is 1. The van der Waals surface area contributed by atoms with E-state index in [2.05, 4.69) is 10.6 Å². The fourth-order valence-electron chi connectivity index (χ4n) is 1.70. The Morgan fingerprint density at radius 3 is 2.57 bits per heavy atom. The van der Waals surface area contributed by atoms with Crippen molar-refractivity contribution in [3.63, 3.8) is 0 Å². The van der Waals surface area contributed by atoms with E-state index in [1.165, 1.54) is 7.11 Å². The van der Waals surface area contributed by atoms with Crippen molar-refractivity contribution < 1.29 is 14.3 Å². The van der Waals surface area contributed by atoms with Crippen LogP contribution in [-0.2, 0) is 9.53 Å². The largest absolute Gasteiger partial charge is 0.467 e. The van der Waals surface area contributed by atoms with Gasteiger partial charge in [-0.3, -0.25) is 0 Å². The second-order valence-corrected chi connectivity index (χ2v) is 5.37. The number of hydrogen-bond acceptors (Lipinski definition) is 3. The van der Waals surface area contributed by atoms with E-state index in [0.29, 0.717) is 10.7 Å². The van der Waals surface area contributed by atoms with Crippen molar-refractivity contribution in [2.45, 2.75) is 26.3 Å².